The summed E-state index contributed by atoms with van der Waals surface area (Å²) in [5.41, 5.74) is 2.95. The third-order valence-electron chi connectivity index (χ3n) is 6.51. The minimum absolute atomic E-state index is 0.0408. The third kappa shape index (κ3) is 5.86. The molecule has 180 valence electrons. The molecule has 1 amide bonds. The van der Waals surface area contributed by atoms with E-state index in [0.29, 0.717) is 24.6 Å². The minimum atomic E-state index is -0.333. The van der Waals surface area contributed by atoms with Crippen molar-refractivity contribution in [2.75, 3.05) is 33.3 Å². The van der Waals surface area contributed by atoms with Gasteiger partial charge in [-0.15, -0.1) is 0 Å². The molecule has 1 N–H and O–H groups in total. The van der Waals surface area contributed by atoms with Crippen LogP contribution in [0.3, 0.4) is 0 Å². The predicted octanol–water partition coefficient (Wildman–Crippen LogP) is 5.18. The van der Waals surface area contributed by atoms with E-state index in [-0.39, 0.29) is 23.6 Å². The van der Waals surface area contributed by atoms with Crippen molar-refractivity contribution in [1.29, 1.82) is 0 Å². The second kappa shape index (κ2) is 10.9. The average Bonchev–Trinajstić information content (AvgIpc) is 3.48. The van der Waals surface area contributed by atoms with Gasteiger partial charge in [-0.1, -0.05) is 26.0 Å². The molecule has 6 heteroatoms. The molecule has 0 radical (unpaired) electrons. The highest BCUT2D eigenvalue weighted by Gasteiger charge is 2.36. The number of aromatic nitrogens is 1. The standard InChI is InChI=1S/C28H34FN3O2/c1-20(2)15-32(28(33)21-9-11-24(29)12-10-21)17-23-16-31(18-25-7-5-13-30-25)19-27(23)22-6-4-8-26(14-22)34-3/h4-14,20,23,27,30H,15-19H2,1-3H3/t23-,27-/m0/s1. The lowest BCUT2D eigenvalue weighted by Crippen LogP contribution is -2.39. The number of H-pyrrole nitrogens is 1. The van der Waals surface area contributed by atoms with Crippen molar-refractivity contribution < 1.29 is 13.9 Å². The van der Waals surface area contributed by atoms with Crippen LogP contribution in [-0.2, 0) is 6.54 Å². The highest BCUT2D eigenvalue weighted by Crippen LogP contribution is 2.35. The van der Waals surface area contributed by atoms with Gasteiger partial charge < -0.3 is 14.6 Å². The smallest absolute Gasteiger partial charge is 0.253 e. The zero-order chi connectivity index (χ0) is 24.1. The van der Waals surface area contributed by atoms with Crippen LogP contribution in [0, 0.1) is 17.7 Å². The molecule has 0 saturated carbocycles. The van der Waals surface area contributed by atoms with E-state index in [9.17, 15) is 9.18 Å². The quantitative estimate of drug-likeness (QED) is 0.476. The van der Waals surface area contributed by atoms with E-state index in [1.807, 2.05) is 29.3 Å². The summed E-state index contributed by atoms with van der Waals surface area (Å²) in [5, 5.41) is 0. The van der Waals surface area contributed by atoms with Gasteiger partial charge in [-0.2, -0.15) is 0 Å². The number of methoxy groups -OCH3 is 1. The van der Waals surface area contributed by atoms with Gasteiger partial charge in [0.15, 0.2) is 0 Å². The summed E-state index contributed by atoms with van der Waals surface area (Å²) in [6, 6.07) is 18.3. The predicted molar refractivity (Wildman–Crippen MR) is 132 cm³/mol. The van der Waals surface area contributed by atoms with Gasteiger partial charge in [0, 0.05) is 56.1 Å². The number of nitrogens with one attached hydrogen (secondary N) is 1. The summed E-state index contributed by atoms with van der Waals surface area (Å²) < 4.78 is 18.9. The van der Waals surface area contributed by atoms with E-state index < -0.39 is 0 Å². The molecule has 0 aliphatic carbocycles. The zero-order valence-electron chi connectivity index (χ0n) is 20.2. The number of hydrogen-bond acceptors (Lipinski definition) is 3. The van der Waals surface area contributed by atoms with Gasteiger partial charge in [-0.25, -0.2) is 4.39 Å². The molecule has 3 aromatic rings. The lowest BCUT2D eigenvalue weighted by atomic mass is 9.88. The summed E-state index contributed by atoms with van der Waals surface area (Å²) in [6.45, 7) is 8.21. The molecule has 0 unspecified atom stereocenters. The Balaban J connectivity index is 1.59. The number of carbonyl (C=O) groups is 1. The van der Waals surface area contributed by atoms with E-state index in [1.54, 1.807) is 19.2 Å². The van der Waals surface area contributed by atoms with Gasteiger partial charge in [0.25, 0.3) is 5.91 Å². The molecule has 0 bridgehead atoms. The molecule has 1 aliphatic rings. The number of nitrogens with zero attached hydrogens (tertiary/aromatic N) is 2. The monoisotopic (exact) mass is 463 g/mol. The number of halogens is 1. The number of carbonyl (C=O) groups excluding carboxylic acids is 1. The van der Waals surface area contributed by atoms with Gasteiger partial charge in [0.1, 0.15) is 11.6 Å². The Bertz CT molecular complexity index is 1070. The fourth-order valence-corrected chi connectivity index (χ4v) is 4.97. The third-order valence-corrected chi connectivity index (χ3v) is 6.51. The first-order valence-electron chi connectivity index (χ1n) is 12.0. The number of likely N-dealkylation sites (tertiary alicyclic amines) is 1. The van der Waals surface area contributed by atoms with Crippen molar-refractivity contribution in [1.82, 2.24) is 14.8 Å². The van der Waals surface area contributed by atoms with Crippen molar-refractivity contribution in [3.8, 4) is 5.75 Å². The van der Waals surface area contributed by atoms with Crippen LogP contribution >= 0.6 is 0 Å². The van der Waals surface area contributed by atoms with E-state index in [0.717, 1.165) is 25.4 Å². The van der Waals surface area contributed by atoms with Crippen LogP contribution in [0.4, 0.5) is 4.39 Å². The molecule has 4 rings (SSSR count). The molecule has 2 atom stereocenters. The first kappa shape index (κ1) is 24.0. The van der Waals surface area contributed by atoms with E-state index in [2.05, 4.69) is 41.9 Å². The van der Waals surface area contributed by atoms with E-state index >= 15 is 0 Å². The Morgan fingerprint density at radius 2 is 1.94 bits per heavy atom. The lowest BCUT2D eigenvalue weighted by Gasteiger charge is -2.30. The van der Waals surface area contributed by atoms with Crippen molar-refractivity contribution in [2.24, 2.45) is 11.8 Å². The normalized spacial score (nSPS) is 18.4. The fourth-order valence-electron chi connectivity index (χ4n) is 4.97. The average molecular weight is 464 g/mol. The molecule has 0 spiro atoms. The Kier molecular flexibility index (Phi) is 7.68. The number of aromatic amines is 1. The second-order valence-corrected chi connectivity index (χ2v) is 9.64. The van der Waals surface area contributed by atoms with Crippen LogP contribution in [0.25, 0.3) is 0 Å². The molecular formula is C28H34FN3O2. The van der Waals surface area contributed by atoms with Crippen LogP contribution in [0.1, 0.15) is 41.4 Å². The fraction of sp³-hybridized carbons (Fsp3) is 0.393. The lowest BCUT2D eigenvalue weighted by molar-refractivity contribution is 0.0703. The second-order valence-electron chi connectivity index (χ2n) is 9.64. The number of rotatable bonds is 9. The minimum Gasteiger partial charge on any atom is -0.497 e. The Morgan fingerprint density at radius 3 is 2.62 bits per heavy atom. The van der Waals surface area contributed by atoms with Gasteiger partial charge >= 0.3 is 0 Å². The Labute approximate surface area is 201 Å². The summed E-state index contributed by atoms with van der Waals surface area (Å²) in [4.78, 5) is 21.1. The summed E-state index contributed by atoms with van der Waals surface area (Å²) >= 11 is 0. The SMILES string of the molecule is COc1cccc([C@@H]2CN(Cc3ccc[nH]3)C[C@H]2CN(CC(C)C)C(=O)c2ccc(F)cc2)c1. The first-order chi connectivity index (χ1) is 16.4. The molecule has 1 saturated heterocycles. The van der Waals surface area contributed by atoms with Gasteiger partial charge in [-0.3, -0.25) is 9.69 Å². The summed E-state index contributed by atoms with van der Waals surface area (Å²) in [7, 11) is 1.69. The van der Waals surface area contributed by atoms with E-state index in [1.165, 1.54) is 23.4 Å². The number of benzene rings is 2. The zero-order valence-corrected chi connectivity index (χ0v) is 20.2. The van der Waals surface area contributed by atoms with Crippen molar-refractivity contribution >= 4 is 5.91 Å². The maximum Gasteiger partial charge on any atom is 0.253 e. The summed E-state index contributed by atoms with van der Waals surface area (Å²) in [6.07, 6.45) is 1.95. The van der Waals surface area contributed by atoms with Crippen LogP contribution in [-0.4, -0.2) is 54.0 Å². The number of ether oxygens (including phenoxy) is 1. The summed E-state index contributed by atoms with van der Waals surface area (Å²) in [5.74, 6) is 1.35. The Hall–Kier alpha value is -3.12. The van der Waals surface area contributed by atoms with Crippen LogP contribution < -0.4 is 4.74 Å². The van der Waals surface area contributed by atoms with Gasteiger partial charge in [-0.05, 0) is 65.9 Å². The molecule has 2 aromatic carbocycles. The topological polar surface area (TPSA) is 48.6 Å². The molecule has 1 fully saturated rings. The van der Waals surface area contributed by atoms with Crippen LogP contribution in [0.15, 0.2) is 66.9 Å². The molecule has 1 aromatic heterocycles. The molecule has 2 heterocycles. The van der Waals surface area contributed by atoms with Gasteiger partial charge in [0.2, 0.25) is 0 Å². The first-order valence-corrected chi connectivity index (χ1v) is 12.0. The van der Waals surface area contributed by atoms with Crippen LogP contribution in [0.2, 0.25) is 0 Å². The highest BCUT2D eigenvalue weighted by atomic mass is 19.1. The maximum absolute atomic E-state index is 13.4. The Morgan fingerprint density at radius 1 is 1.15 bits per heavy atom. The van der Waals surface area contributed by atoms with Crippen molar-refractivity contribution in [3.63, 3.8) is 0 Å². The highest BCUT2D eigenvalue weighted by molar-refractivity contribution is 5.94. The molecule has 34 heavy (non-hydrogen) atoms. The molecular weight excluding hydrogens is 429 g/mol. The van der Waals surface area contributed by atoms with Crippen molar-refractivity contribution in [3.05, 3.63) is 89.5 Å². The molecule has 5 nitrogen and oxygen atoms in total. The molecule has 1 aliphatic heterocycles. The van der Waals surface area contributed by atoms with Crippen molar-refractivity contribution in [2.45, 2.75) is 26.3 Å². The number of amides is 1. The largest absolute Gasteiger partial charge is 0.497 e. The van der Waals surface area contributed by atoms with Gasteiger partial charge in [0.05, 0.1) is 7.11 Å². The van der Waals surface area contributed by atoms with Crippen LogP contribution in [0.5, 0.6) is 5.75 Å². The number of hydrogen-bond donors (Lipinski definition) is 1. The van der Waals surface area contributed by atoms with E-state index in [4.69, 9.17) is 4.74 Å². The maximum atomic E-state index is 13.4.